The zero-order valence-electron chi connectivity index (χ0n) is 17.2. The topological polar surface area (TPSA) is 108 Å². The molecule has 152 valence electrons. The number of fused-ring (bicyclic) bond motifs is 4. The summed E-state index contributed by atoms with van der Waals surface area (Å²) < 4.78 is 0. The highest BCUT2D eigenvalue weighted by molar-refractivity contribution is 5.99. The first-order chi connectivity index (χ1) is 15.7. The Kier molecular flexibility index (Phi) is 4.70. The Labute approximate surface area is 183 Å². The van der Waals surface area contributed by atoms with Gasteiger partial charge in [0.25, 0.3) is 11.4 Å². The summed E-state index contributed by atoms with van der Waals surface area (Å²) in [4.78, 5) is 26.2. The van der Waals surface area contributed by atoms with Crippen LogP contribution in [0.25, 0.3) is 43.2 Å². The zero-order chi connectivity index (χ0) is 22.2. The SMILES string of the molecule is [C-]#[N+]C(C#N)=c1c2nc3c(nc2c(=C(C#N)[N+]#[C-])c2nc4c(nc12)CCCC4)CCCC3. The molecule has 2 aliphatic carbocycles. The minimum Gasteiger partial charge on any atom is -0.250 e. The summed E-state index contributed by atoms with van der Waals surface area (Å²) in [6, 6.07) is 3.97. The van der Waals surface area contributed by atoms with Gasteiger partial charge in [-0.15, -0.1) is 0 Å². The number of rotatable bonds is 0. The molecule has 0 saturated heterocycles. The van der Waals surface area contributed by atoms with Crippen LogP contribution in [0.5, 0.6) is 0 Å². The quantitative estimate of drug-likeness (QED) is 0.411. The minimum absolute atomic E-state index is 0.136. The van der Waals surface area contributed by atoms with Gasteiger partial charge in [0.1, 0.15) is 0 Å². The van der Waals surface area contributed by atoms with Crippen molar-refractivity contribution in [2.45, 2.75) is 51.4 Å². The Balaban J connectivity index is 2.17. The number of nitrogens with zero attached hydrogens (tertiary/aromatic N) is 8. The maximum Gasteiger partial charge on any atom is 0.273 e. The van der Waals surface area contributed by atoms with Gasteiger partial charge >= 0.3 is 0 Å². The highest BCUT2D eigenvalue weighted by Gasteiger charge is 2.22. The summed E-state index contributed by atoms with van der Waals surface area (Å²) in [6.45, 7) is 15.2. The van der Waals surface area contributed by atoms with Gasteiger partial charge in [-0.25, -0.2) is 40.1 Å². The molecule has 2 aliphatic rings. The molecule has 0 unspecified atom stereocenters. The maximum atomic E-state index is 9.74. The molecule has 0 saturated carbocycles. The van der Waals surface area contributed by atoms with E-state index in [1.165, 1.54) is 0 Å². The van der Waals surface area contributed by atoms with Gasteiger partial charge < -0.3 is 0 Å². The highest BCUT2D eigenvalue weighted by atomic mass is 14.9. The summed E-state index contributed by atoms with van der Waals surface area (Å²) in [7, 11) is 0. The fourth-order valence-corrected chi connectivity index (χ4v) is 4.62. The maximum absolute atomic E-state index is 9.74. The molecular formula is C24H16N8. The molecule has 0 atom stereocenters. The van der Waals surface area contributed by atoms with Gasteiger partial charge in [-0.2, -0.15) is 0 Å². The van der Waals surface area contributed by atoms with E-state index in [1.54, 1.807) is 0 Å². The Hall–Kier alpha value is -4.40. The molecule has 32 heavy (non-hydrogen) atoms. The van der Waals surface area contributed by atoms with Gasteiger partial charge in [0.15, 0.2) is 0 Å². The van der Waals surface area contributed by atoms with E-state index in [0.29, 0.717) is 32.5 Å². The lowest BCUT2D eigenvalue weighted by atomic mass is 9.98. The second kappa shape index (κ2) is 7.69. The third-order valence-corrected chi connectivity index (χ3v) is 6.11. The zero-order valence-corrected chi connectivity index (χ0v) is 17.2. The monoisotopic (exact) mass is 416 g/mol. The second-order valence-electron chi connectivity index (χ2n) is 7.94. The minimum atomic E-state index is -0.136. The molecule has 0 N–H and O–H groups in total. The van der Waals surface area contributed by atoms with Crippen LogP contribution in [0.15, 0.2) is 0 Å². The van der Waals surface area contributed by atoms with Crippen LogP contribution in [0, 0.1) is 35.8 Å². The number of aryl methyl sites for hydroxylation is 4. The van der Waals surface area contributed by atoms with E-state index in [4.69, 9.17) is 33.1 Å². The molecule has 0 amide bonds. The van der Waals surface area contributed by atoms with E-state index >= 15 is 0 Å². The first-order valence-electron chi connectivity index (χ1n) is 10.5. The van der Waals surface area contributed by atoms with Crippen LogP contribution >= 0.6 is 0 Å². The van der Waals surface area contributed by atoms with Crippen molar-refractivity contribution in [3.8, 4) is 12.1 Å². The predicted molar refractivity (Wildman–Crippen MR) is 116 cm³/mol. The van der Waals surface area contributed by atoms with Gasteiger partial charge in [-0.3, -0.25) is 0 Å². The molecule has 0 aliphatic heterocycles. The molecule has 0 bridgehead atoms. The number of nitriles is 2. The Morgan fingerprint density at radius 3 is 1.09 bits per heavy atom. The number of aromatic nitrogens is 4. The molecule has 5 rings (SSSR count). The molecule has 2 aromatic heterocycles. The average molecular weight is 416 g/mol. The largest absolute Gasteiger partial charge is 0.273 e. The Bertz CT molecular complexity index is 1380. The molecule has 0 fully saturated rings. The van der Waals surface area contributed by atoms with Crippen molar-refractivity contribution >= 4 is 33.5 Å². The van der Waals surface area contributed by atoms with Crippen LogP contribution in [-0.2, 0) is 25.7 Å². The van der Waals surface area contributed by atoms with E-state index in [0.717, 1.165) is 74.1 Å². The Morgan fingerprint density at radius 1 is 0.594 bits per heavy atom. The van der Waals surface area contributed by atoms with Gasteiger partial charge in [-0.05, 0) is 51.4 Å². The van der Waals surface area contributed by atoms with Crippen molar-refractivity contribution in [3.63, 3.8) is 0 Å². The van der Waals surface area contributed by atoms with Crippen molar-refractivity contribution < 1.29 is 0 Å². The van der Waals surface area contributed by atoms with E-state index in [2.05, 4.69) is 9.69 Å². The van der Waals surface area contributed by atoms with Crippen molar-refractivity contribution in [2.24, 2.45) is 0 Å². The van der Waals surface area contributed by atoms with Gasteiger partial charge in [0.05, 0.1) is 70.1 Å². The van der Waals surface area contributed by atoms with Crippen molar-refractivity contribution in [1.82, 2.24) is 19.9 Å². The molecule has 8 heteroatoms. The Morgan fingerprint density at radius 2 is 0.875 bits per heavy atom. The lowest BCUT2D eigenvalue weighted by Gasteiger charge is -2.18. The lowest BCUT2D eigenvalue weighted by molar-refractivity contribution is 0.653. The van der Waals surface area contributed by atoms with Crippen LogP contribution in [-0.4, -0.2) is 19.9 Å². The van der Waals surface area contributed by atoms with Crippen LogP contribution in [0.4, 0.5) is 0 Å². The van der Waals surface area contributed by atoms with Gasteiger partial charge in [-0.1, -0.05) is 0 Å². The van der Waals surface area contributed by atoms with Crippen LogP contribution in [0.1, 0.15) is 48.5 Å². The third kappa shape index (κ3) is 2.86. The molecule has 1 aromatic carbocycles. The summed E-state index contributed by atoms with van der Waals surface area (Å²) in [6.07, 6.45) is 7.02. The molecule has 0 spiro atoms. The molecule has 3 aromatic rings. The summed E-state index contributed by atoms with van der Waals surface area (Å²) >= 11 is 0. The number of hydrogen-bond acceptors (Lipinski definition) is 6. The summed E-state index contributed by atoms with van der Waals surface area (Å²) in [5.74, 6) is 0. The van der Waals surface area contributed by atoms with Crippen LogP contribution in [0.3, 0.4) is 0 Å². The van der Waals surface area contributed by atoms with Gasteiger partial charge in [0, 0.05) is 10.4 Å². The molecule has 0 radical (unpaired) electrons. The number of benzene rings is 1. The van der Waals surface area contributed by atoms with Crippen molar-refractivity contribution in [2.75, 3.05) is 0 Å². The van der Waals surface area contributed by atoms with E-state index in [9.17, 15) is 10.5 Å². The normalized spacial score (nSPS) is 14.4. The average Bonchev–Trinajstić information content (AvgIpc) is 2.84. The van der Waals surface area contributed by atoms with Crippen LogP contribution in [0.2, 0.25) is 0 Å². The molecular weight excluding hydrogens is 400 g/mol. The fourth-order valence-electron chi connectivity index (χ4n) is 4.62. The van der Waals surface area contributed by atoms with E-state index < -0.39 is 0 Å². The van der Waals surface area contributed by atoms with Crippen LogP contribution < -0.4 is 10.4 Å². The molecule has 8 nitrogen and oxygen atoms in total. The second-order valence-corrected chi connectivity index (χ2v) is 7.94. The van der Waals surface area contributed by atoms with Crippen molar-refractivity contribution in [1.29, 1.82) is 10.5 Å². The standard InChI is InChI=1S/C24H16N8/c1-27-17(11-25)19-21-23(31-15-9-5-3-7-13(15)29-21)20(18(12-26)28-2)24-22(19)30-14-8-4-6-10-16(14)32-24/h3-10H2. The first-order valence-corrected chi connectivity index (χ1v) is 10.5. The highest BCUT2D eigenvalue weighted by Crippen LogP contribution is 2.23. The lowest BCUT2D eigenvalue weighted by Crippen LogP contribution is -2.26. The number of hydrogen-bond donors (Lipinski definition) is 0. The van der Waals surface area contributed by atoms with E-state index in [1.807, 2.05) is 12.1 Å². The first kappa shape index (κ1) is 19.6. The smallest absolute Gasteiger partial charge is 0.250 e. The summed E-state index contributed by atoms with van der Waals surface area (Å²) in [5, 5.41) is 20.1. The predicted octanol–water partition coefficient (Wildman–Crippen LogP) is 2.43. The fraction of sp³-hybridized carbons (Fsp3) is 0.333. The van der Waals surface area contributed by atoms with E-state index in [-0.39, 0.29) is 11.4 Å². The molecule has 2 heterocycles. The third-order valence-electron chi connectivity index (χ3n) is 6.11. The summed E-state index contributed by atoms with van der Waals surface area (Å²) in [5.41, 5.74) is 4.48. The van der Waals surface area contributed by atoms with Crippen molar-refractivity contribution in [3.05, 3.63) is 56.0 Å². The van der Waals surface area contributed by atoms with Gasteiger partial charge in [0.2, 0.25) is 0 Å².